The topological polar surface area (TPSA) is 71.8 Å². The summed E-state index contributed by atoms with van der Waals surface area (Å²) < 4.78 is 11.2. The molecule has 0 saturated carbocycles. The van der Waals surface area contributed by atoms with Gasteiger partial charge in [0.25, 0.3) is 11.8 Å². The molecule has 0 spiro atoms. The van der Waals surface area contributed by atoms with Crippen molar-refractivity contribution in [2.75, 3.05) is 31.6 Å². The summed E-state index contributed by atoms with van der Waals surface area (Å²) in [5, 5.41) is 3.60. The summed E-state index contributed by atoms with van der Waals surface area (Å²) in [7, 11) is 0. The van der Waals surface area contributed by atoms with E-state index in [1.807, 2.05) is 30.3 Å². The number of carbonyl (C=O) groups is 2. The van der Waals surface area contributed by atoms with Gasteiger partial charge in [0.05, 0.1) is 13.2 Å². The number of carbonyl (C=O) groups excluding carboxylic acids is 2. The monoisotopic (exact) mass is 378 g/mol. The van der Waals surface area contributed by atoms with E-state index in [2.05, 4.69) is 12.2 Å². The highest BCUT2D eigenvalue weighted by atomic mass is 16.5. The van der Waals surface area contributed by atoms with E-state index in [-0.39, 0.29) is 17.6 Å². The minimum atomic E-state index is -0.273. The van der Waals surface area contributed by atoms with Crippen LogP contribution in [0.4, 0.5) is 5.69 Å². The number of nitrogens with zero attached hydrogens (tertiary/aromatic N) is 1. The van der Waals surface area contributed by atoms with Gasteiger partial charge in [0, 0.05) is 24.0 Å². The lowest BCUT2D eigenvalue weighted by molar-refractivity contribution is 0.0285. The van der Waals surface area contributed by atoms with Gasteiger partial charge in [0.2, 0.25) is 5.76 Å². The first-order chi connectivity index (χ1) is 13.7. The Hall–Kier alpha value is -3.12. The molecule has 1 aromatic heterocycles. The van der Waals surface area contributed by atoms with Gasteiger partial charge in [0.1, 0.15) is 11.3 Å². The maximum atomic E-state index is 13.0. The first kappa shape index (κ1) is 18.3. The number of ether oxygens (including phenoxy) is 1. The van der Waals surface area contributed by atoms with Crippen molar-refractivity contribution in [2.45, 2.75) is 13.3 Å². The Labute approximate surface area is 163 Å². The van der Waals surface area contributed by atoms with E-state index in [1.54, 1.807) is 23.1 Å². The maximum absolute atomic E-state index is 13.0. The summed E-state index contributed by atoms with van der Waals surface area (Å²) in [5.41, 5.74) is 2.67. The zero-order valence-electron chi connectivity index (χ0n) is 15.7. The van der Waals surface area contributed by atoms with Crippen LogP contribution in [-0.2, 0) is 11.2 Å². The van der Waals surface area contributed by atoms with Crippen LogP contribution in [0.1, 0.15) is 33.4 Å². The third-order valence-corrected chi connectivity index (χ3v) is 4.95. The largest absolute Gasteiger partial charge is 0.449 e. The molecule has 3 aromatic rings. The number of rotatable bonds is 4. The van der Waals surface area contributed by atoms with Crippen molar-refractivity contribution < 1.29 is 18.7 Å². The molecule has 0 aliphatic carbocycles. The maximum Gasteiger partial charge on any atom is 0.291 e. The molecule has 1 fully saturated rings. The molecule has 4 rings (SSSR count). The number of para-hydroxylation sites is 1. The van der Waals surface area contributed by atoms with Crippen LogP contribution in [0.5, 0.6) is 0 Å². The van der Waals surface area contributed by atoms with Crippen molar-refractivity contribution in [1.29, 1.82) is 0 Å². The number of hydrogen-bond acceptors (Lipinski definition) is 4. The molecule has 1 saturated heterocycles. The molecule has 2 heterocycles. The van der Waals surface area contributed by atoms with Gasteiger partial charge in [-0.1, -0.05) is 31.2 Å². The smallest absolute Gasteiger partial charge is 0.291 e. The minimum Gasteiger partial charge on any atom is -0.449 e. The zero-order valence-corrected chi connectivity index (χ0v) is 15.7. The fourth-order valence-corrected chi connectivity index (χ4v) is 3.31. The average Bonchev–Trinajstić information content (AvgIpc) is 3.12. The van der Waals surface area contributed by atoms with Gasteiger partial charge in [-0.25, -0.2) is 0 Å². The molecule has 144 valence electrons. The molecule has 1 aliphatic heterocycles. The highest BCUT2D eigenvalue weighted by Gasteiger charge is 2.27. The molecule has 0 atom stereocenters. The summed E-state index contributed by atoms with van der Waals surface area (Å²) in [4.78, 5) is 27.5. The third kappa shape index (κ3) is 3.51. The Morgan fingerprint density at radius 3 is 2.46 bits per heavy atom. The molecule has 0 radical (unpaired) electrons. The summed E-state index contributed by atoms with van der Waals surface area (Å²) in [5.74, 6) is -0.358. The molecule has 6 heteroatoms. The van der Waals surface area contributed by atoms with E-state index in [1.165, 1.54) is 0 Å². The highest BCUT2D eigenvalue weighted by Crippen LogP contribution is 2.32. The Morgan fingerprint density at radius 1 is 1.04 bits per heavy atom. The van der Waals surface area contributed by atoms with E-state index in [4.69, 9.17) is 9.15 Å². The van der Waals surface area contributed by atoms with Crippen LogP contribution in [0.3, 0.4) is 0 Å². The quantitative estimate of drug-likeness (QED) is 0.751. The van der Waals surface area contributed by atoms with Gasteiger partial charge in [-0.2, -0.15) is 0 Å². The highest BCUT2D eigenvalue weighted by molar-refractivity contribution is 6.14. The average molecular weight is 378 g/mol. The number of morpholine rings is 1. The van der Waals surface area contributed by atoms with Gasteiger partial charge in [0.15, 0.2) is 0 Å². The fourth-order valence-electron chi connectivity index (χ4n) is 3.31. The van der Waals surface area contributed by atoms with Crippen LogP contribution in [0.25, 0.3) is 11.0 Å². The standard InChI is InChI=1S/C22H22N2O4/c1-2-15-7-9-16(10-8-15)21(25)23-19-17-5-3-4-6-18(17)28-20(19)22(26)24-11-13-27-14-12-24/h3-10H,2,11-14H2,1H3,(H,23,25). The molecule has 2 amide bonds. The predicted molar refractivity (Wildman–Crippen MR) is 107 cm³/mol. The van der Waals surface area contributed by atoms with Crippen LogP contribution in [0.15, 0.2) is 52.9 Å². The van der Waals surface area contributed by atoms with Crippen molar-refractivity contribution in [2.24, 2.45) is 0 Å². The molecule has 0 bridgehead atoms. The van der Waals surface area contributed by atoms with Crippen molar-refractivity contribution in [3.05, 3.63) is 65.4 Å². The van der Waals surface area contributed by atoms with Crippen molar-refractivity contribution in [3.8, 4) is 0 Å². The number of aryl methyl sites for hydroxylation is 1. The Kier molecular flexibility index (Phi) is 5.12. The van der Waals surface area contributed by atoms with Gasteiger partial charge < -0.3 is 19.4 Å². The molecule has 6 nitrogen and oxygen atoms in total. The number of amides is 2. The number of fused-ring (bicyclic) bond motifs is 1. The Morgan fingerprint density at radius 2 is 1.75 bits per heavy atom. The first-order valence-corrected chi connectivity index (χ1v) is 9.46. The van der Waals surface area contributed by atoms with Crippen LogP contribution in [0.2, 0.25) is 0 Å². The summed E-state index contributed by atoms with van der Waals surface area (Å²) in [6.07, 6.45) is 0.909. The van der Waals surface area contributed by atoms with E-state index in [0.29, 0.717) is 48.5 Å². The molecular formula is C22H22N2O4. The molecule has 0 unspecified atom stereocenters. The van der Waals surface area contributed by atoms with Crippen LogP contribution < -0.4 is 5.32 Å². The lowest BCUT2D eigenvalue weighted by atomic mass is 10.1. The van der Waals surface area contributed by atoms with E-state index in [9.17, 15) is 9.59 Å². The van der Waals surface area contributed by atoms with Crippen molar-refractivity contribution in [1.82, 2.24) is 4.90 Å². The second kappa shape index (κ2) is 7.86. The van der Waals surface area contributed by atoms with Gasteiger partial charge >= 0.3 is 0 Å². The third-order valence-electron chi connectivity index (χ3n) is 4.95. The van der Waals surface area contributed by atoms with E-state index >= 15 is 0 Å². The van der Waals surface area contributed by atoms with Crippen LogP contribution in [0, 0.1) is 0 Å². The number of nitrogens with one attached hydrogen (secondary N) is 1. The number of benzene rings is 2. The SMILES string of the molecule is CCc1ccc(C(=O)Nc2c(C(=O)N3CCOCC3)oc3ccccc23)cc1. The summed E-state index contributed by atoms with van der Waals surface area (Å²) in [6, 6.07) is 14.8. The number of furan rings is 1. The van der Waals surface area contributed by atoms with Gasteiger partial charge in [-0.3, -0.25) is 9.59 Å². The van der Waals surface area contributed by atoms with Gasteiger partial charge in [-0.05, 0) is 36.2 Å². The molecular weight excluding hydrogens is 356 g/mol. The predicted octanol–water partition coefficient (Wildman–Crippen LogP) is 3.72. The minimum absolute atomic E-state index is 0.154. The number of anilines is 1. The first-order valence-electron chi connectivity index (χ1n) is 9.46. The van der Waals surface area contributed by atoms with Crippen molar-refractivity contribution >= 4 is 28.5 Å². The fraction of sp³-hybridized carbons (Fsp3) is 0.273. The van der Waals surface area contributed by atoms with Crippen molar-refractivity contribution in [3.63, 3.8) is 0 Å². The summed E-state index contributed by atoms with van der Waals surface area (Å²) in [6.45, 7) is 4.06. The second-order valence-electron chi connectivity index (χ2n) is 6.71. The zero-order chi connectivity index (χ0) is 19.5. The lowest BCUT2D eigenvalue weighted by Crippen LogP contribution is -2.40. The normalized spacial score (nSPS) is 14.2. The Bertz CT molecular complexity index is 1000. The molecule has 1 aliphatic rings. The molecule has 28 heavy (non-hydrogen) atoms. The van der Waals surface area contributed by atoms with E-state index in [0.717, 1.165) is 12.0 Å². The lowest BCUT2D eigenvalue weighted by Gasteiger charge is -2.26. The molecule has 1 N–H and O–H groups in total. The van der Waals surface area contributed by atoms with Gasteiger partial charge in [-0.15, -0.1) is 0 Å². The Balaban J connectivity index is 1.68. The van der Waals surface area contributed by atoms with Crippen LogP contribution >= 0.6 is 0 Å². The second-order valence-corrected chi connectivity index (χ2v) is 6.71. The van der Waals surface area contributed by atoms with Crippen LogP contribution in [-0.4, -0.2) is 43.0 Å². The van der Waals surface area contributed by atoms with E-state index < -0.39 is 0 Å². The number of hydrogen-bond donors (Lipinski definition) is 1. The summed E-state index contributed by atoms with van der Waals surface area (Å²) >= 11 is 0. The molecule has 2 aromatic carbocycles.